The average molecular weight is 268 g/mol. The van der Waals surface area contributed by atoms with Gasteiger partial charge in [0.1, 0.15) is 0 Å². The molecule has 1 aliphatic carbocycles. The summed E-state index contributed by atoms with van der Waals surface area (Å²) in [4.78, 5) is 2.42. The molecule has 0 spiro atoms. The van der Waals surface area contributed by atoms with Crippen LogP contribution >= 0.6 is 0 Å². The molecule has 1 saturated heterocycles. The van der Waals surface area contributed by atoms with Gasteiger partial charge in [0.2, 0.25) is 0 Å². The van der Waals surface area contributed by atoms with E-state index in [0.717, 1.165) is 25.0 Å². The molecule has 0 aromatic heterocycles. The fraction of sp³-hybridized carbons (Fsp3) is 1.00. The molecule has 0 amide bonds. The van der Waals surface area contributed by atoms with Crippen molar-refractivity contribution in [1.82, 2.24) is 4.90 Å². The van der Waals surface area contributed by atoms with Gasteiger partial charge in [-0.05, 0) is 70.9 Å². The SMILES string of the molecule is CC1CCC(C(N)CC2CCOCC2)(N(C)C)CC1. The van der Waals surface area contributed by atoms with Crippen LogP contribution in [0.5, 0.6) is 0 Å². The Balaban J connectivity index is 1.97. The lowest BCUT2D eigenvalue weighted by atomic mass is 9.70. The molecule has 0 aromatic rings. The van der Waals surface area contributed by atoms with E-state index >= 15 is 0 Å². The molecule has 2 aliphatic rings. The maximum atomic E-state index is 6.68. The van der Waals surface area contributed by atoms with Gasteiger partial charge in [0.15, 0.2) is 0 Å². The summed E-state index contributed by atoms with van der Waals surface area (Å²) in [5.41, 5.74) is 6.92. The maximum Gasteiger partial charge on any atom is 0.0468 e. The molecular formula is C16H32N2O. The van der Waals surface area contributed by atoms with Gasteiger partial charge in [0, 0.05) is 24.8 Å². The maximum absolute atomic E-state index is 6.68. The van der Waals surface area contributed by atoms with Gasteiger partial charge in [-0.25, -0.2) is 0 Å². The van der Waals surface area contributed by atoms with Crippen LogP contribution in [-0.4, -0.2) is 43.8 Å². The molecule has 3 nitrogen and oxygen atoms in total. The molecule has 19 heavy (non-hydrogen) atoms. The molecule has 3 heteroatoms. The highest BCUT2D eigenvalue weighted by atomic mass is 16.5. The highest BCUT2D eigenvalue weighted by Gasteiger charge is 2.41. The zero-order valence-corrected chi connectivity index (χ0v) is 13.0. The summed E-state index contributed by atoms with van der Waals surface area (Å²) in [6.45, 7) is 4.25. The van der Waals surface area contributed by atoms with Crippen molar-refractivity contribution in [2.24, 2.45) is 17.6 Å². The Morgan fingerprint density at radius 1 is 1.16 bits per heavy atom. The number of likely N-dealkylation sites (N-methyl/N-ethyl adjacent to an activating group) is 1. The fourth-order valence-electron chi connectivity index (χ4n) is 3.97. The van der Waals surface area contributed by atoms with E-state index in [2.05, 4.69) is 25.9 Å². The van der Waals surface area contributed by atoms with Crippen LogP contribution in [0.1, 0.15) is 51.9 Å². The summed E-state index contributed by atoms with van der Waals surface area (Å²) >= 11 is 0. The van der Waals surface area contributed by atoms with Gasteiger partial charge in [0.25, 0.3) is 0 Å². The second-order valence-corrected chi connectivity index (χ2v) is 7.08. The number of hydrogen-bond acceptors (Lipinski definition) is 3. The second kappa shape index (κ2) is 6.55. The number of nitrogens with zero attached hydrogens (tertiary/aromatic N) is 1. The molecule has 1 atom stereocenters. The van der Waals surface area contributed by atoms with E-state index < -0.39 is 0 Å². The van der Waals surface area contributed by atoms with Gasteiger partial charge in [0.05, 0.1) is 0 Å². The number of nitrogens with two attached hydrogens (primary N) is 1. The summed E-state index contributed by atoms with van der Waals surface area (Å²) in [7, 11) is 4.44. The molecule has 1 heterocycles. The van der Waals surface area contributed by atoms with Crippen LogP contribution < -0.4 is 5.73 Å². The van der Waals surface area contributed by atoms with Crippen LogP contribution in [0.25, 0.3) is 0 Å². The predicted octanol–water partition coefficient (Wildman–Crippen LogP) is 2.64. The van der Waals surface area contributed by atoms with E-state index in [1.54, 1.807) is 0 Å². The van der Waals surface area contributed by atoms with Crippen LogP contribution in [0.15, 0.2) is 0 Å². The topological polar surface area (TPSA) is 38.5 Å². The van der Waals surface area contributed by atoms with Crippen LogP contribution in [0.4, 0.5) is 0 Å². The van der Waals surface area contributed by atoms with E-state index in [9.17, 15) is 0 Å². The van der Waals surface area contributed by atoms with Gasteiger partial charge in [-0.1, -0.05) is 6.92 Å². The minimum atomic E-state index is 0.241. The van der Waals surface area contributed by atoms with Gasteiger partial charge in [-0.3, -0.25) is 0 Å². The minimum Gasteiger partial charge on any atom is -0.381 e. The largest absolute Gasteiger partial charge is 0.381 e. The molecule has 1 aliphatic heterocycles. The van der Waals surface area contributed by atoms with Crippen LogP contribution in [0.2, 0.25) is 0 Å². The number of hydrogen-bond donors (Lipinski definition) is 1. The van der Waals surface area contributed by atoms with Crippen LogP contribution in [0, 0.1) is 11.8 Å². The summed E-state index contributed by atoms with van der Waals surface area (Å²) in [5.74, 6) is 1.66. The number of rotatable bonds is 4. The molecule has 2 fully saturated rings. The van der Waals surface area contributed by atoms with Gasteiger partial charge >= 0.3 is 0 Å². The van der Waals surface area contributed by atoms with E-state index in [0.29, 0.717) is 6.04 Å². The van der Waals surface area contributed by atoms with Crippen molar-refractivity contribution in [3.8, 4) is 0 Å². The minimum absolute atomic E-state index is 0.241. The Bertz CT molecular complexity index is 266. The third-order valence-corrected chi connectivity index (χ3v) is 5.65. The average Bonchev–Trinajstić information content (AvgIpc) is 2.40. The lowest BCUT2D eigenvalue weighted by Gasteiger charge is -2.49. The van der Waals surface area contributed by atoms with E-state index in [1.165, 1.54) is 44.9 Å². The normalized spacial score (nSPS) is 35.5. The van der Waals surface area contributed by atoms with Gasteiger partial charge in [-0.15, -0.1) is 0 Å². The first-order valence-corrected chi connectivity index (χ1v) is 8.05. The first kappa shape index (κ1) is 15.3. The van der Waals surface area contributed by atoms with Crippen molar-refractivity contribution in [1.29, 1.82) is 0 Å². The monoisotopic (exact) mass is 268 g/mol. The zero-order valence-electron chi connectivity index (χ0n) is 13.0. The van der Waals surface area contributed by atoms with E-state index in [4.69, 9.17) is 10.5 Å². The molecular weight excluding hydrogens is 236 g/mol. The predicted molar refractivity (Wildman–Crippen MR) is 80.2 cm³/mol. The van der Waals surface area contributed by atoms with Crippen molar-refractivity contribution >= 4 is 0 Å². The third kappa shape index (κ3) is 3.50. The Hall–Kier alpha value is -0.120. The van der Waals surface area contributed by atoms with Crippen molar-refractivity contribution < 1.29 is 4.74 Å². The highest BCUT2D eigenvalue weighted by molar-refractivity contribution is 5.00. The fourth-order valence-corrected chi connectivity index (χ4v) is 3.97. The van der Waals surface area contributed by atoms with Crippen molar-refractivity contribution in [3.63, 3.8) is 0 Å². The first-order chi connectivity index (χ1) is 9.04. The van der Waals surface area contributed by atoms with E-state index in [-0.39, 0.29) is 5.54 Å². The molecule has 1 unspecified atom stereocenters. The van der Waals surface area contributed by atoms with Gasteiger partial charge in [-0.2, -0.15) is 0 Å². The molecule has 0 radical (unpaired) electrons. The number of ether oxygens (including phenoxy) is 1. The Morgan fingerprint density at radius 2 is 1.74 bits per heavy atom. The van der Waals surface area contributed by atoms with Crippen molar-refractivity contribution in [3.05, 3.63) is 0 Å². The summed E-state index contributed by atoms with van der Waals surface area (Å²) in [6, 6.07) is 0.318. The molecule has 112 valence electrons. The first-order valence-electron chi connectivity index (χ1n) is 8.05. The molecule has 2 rings (SSSR count). The zero-order chi connectivity index (χ0) is 13.9. The summed E-state index contributed by atoms with van der Waals surface area (Å²) in [5, 5.41) is 0. The second-order valence-electron chi connectivity index (χ2n) is 7.08. The molecule has 0 bridgehead atoms. The highest BCUT2D eigenvalue weighted by Crippen LogP contribution is 2.39. The standard InChI is InChI=1S/C16H32N2O/c1-13-4-8-16(9-5-13,18(2)3)15(17)12-14-6-10-19-11-7-14/h13-15H,4-12,17H2,1-3H3. The smallest absolute Gasteiger partial charge is 0.0468 e. The Morgan fingerprint density at radius 3 is 2.26 bits per heavy atom. The van der Waals surface area contributed by atoms with Crippen molar-refractivity contribution in [2.45, 2.75) is 63.5 Å². The molecule has 2 N–H and O–H groups in total. The van der Waals surface area contributed by atoms with Crippen molar-refractivity contribution in [2.75, 3.05) is 27.3 Å². The Labute approximate surface area is 118 Å². The molecule has 1 saturated carbocycles. The Kier molecular flexibility index (Phi) is 5.27. The summed E-state index contributed by atoms with van der Waals surface area (Å²) in [6.07, 6.45) is 8.79. The van der Waals surface area contributed by atoms with Crippen LogP contribution in [-0.2, 0) is 4.74 Å². The van der Waals surface area contributed by atoms with E-state index in [1.807, 2.05) is 0 Å². The van der Waals surface area contributed by atoms with Crippen LogP contribution in [0.3, 0.4) is 0 Å². The quantitative estimate of drug-likeness (QED) is 0.852. The summed E-state index contributed by atoms with van der Waals surface area (Å²) < 4.78 is 5.46. The lowest BCUT2D eigenvalue weighted by Crippen LogP contribution is -2.59. The lowest BCUT2D eigenvalue weighted by molar-refractivity contribution is 0.0267. The third-order valence-electron chi connectivity index (χ3n) is 5.65. The van der Waals surface area contributed by atoms with Gasteiger partial charge < -0.3 is 15.4 Å². The molecule has 0 aromatic carbocycles.